The van der Waals surface area contributed by atoms with Crippen LogP contribution in [-0.2, 0) is 29.5 Å². The number of rotatable bonds is 2. The molecule has 0 aliphatic carbocycles. The maximum atomic E-state index is 9.55. The molecule has 113 valence electrons. The summed E-state index contributed by atoms with van der Waals surface area (Å²) in [7, 11) is 0. The van der Waals surface area contributed by atoms with Gasteiger partial charge in [0.1, 0.15) is 0 Å². The first-order valence-corrected chi connectivity index (χ1v) is 9.19. The van der Waals surface area contributed by atoms with Crippen LogP contribution in [0.4, 0.5) is 0 Å². The fraction of sp³-hybridized carbons (Fsp3) is 0.105. The van der Waals surface area contributed by atoms with E-state index in [1.807, 2.05) is 0 Å². The average molecular weight is 399 g/mol. The molecule has 0 heterocycles. The van der Waals surface area contributed by atoms with Crippen molar-refractivity contribution in [3.63, 3.8) is 0 Å². The fourth-order valence-corrected chi connectivity index (χ4v) is 3.74. The summed E-state index contributed by atoms with van der Waals surface area (Å²) in [5.74, 6) is -0.361. The van der Waals surface area contributed by atoms with E-state index in [-0.39, 0.29) is 6.42 Å². The van der Waals surface area contributed by atoms with Crippen molar-refractivity contribution in [3.05, 3.63) is 54.6 Å². The number of thiol groups is 1. The van der Waals surface area contributed by atoms with Crippen LogP contribution >= 0.6 is 12.6 Å². The average Bonchev–Trinajstić information content (AvgIpc) is 2.55. The summed E-state index contributed by atoms with van der Waals surface area (Å²) in [5, 5.41) is 16.2. The summed E-state index contributed by atoms with van der Waals surface area (Å²) in [5.41, 5.74) is 0. The van der Waals surface area contributed by atoms with Crippen LogP contribution in [0.25, 0.3) is 32.3 Å². The second kappa shape index (κ2) is 7.02. The van der Waals surface area contributed by atoms with Crippen molar-refractivity contribution < 1.29 is 34.6 Å². The van der Waals surface area contributed by atoms with Gasteiger partial charge in [-0.1, -0.05) is 0 Å². The van der Waals surface area contributed by atoms with E-state index in [1.54, 1.807) is 0 Å². The molecule has 0 amide bonds. The van der Waals surface area contributed by atoms with Crippen LogP contribution in [0.15, 0.2) is 54.6 Å². The quantitative estimate of drug-likeness (QED) is 0.393. The van der Waals surface area contributed by atoms with Crippen molar-refractivity contribution >= 4 is 54.2 Å². The van der Waals surface area contributed by atoms with Crippen molar-refractivity contribution in [2.45, 2.75) is 6.42 Å². The van der Waals surface area contributed by atoms with E-state index >= 15 is 0 Å². The predicted molar refractivity (Wildman–Crippen MR) is 95.9 cm³/mol. The molecule has 0 aromatic heterocycles. The van der Waals surface area contributed by atoms with E-state index in [0.717, 1.165) is 0 Å². The predicted octanol–water partition coefficient (Wildman–Crippen LogP) is 4.15. The van der Waals surface area contributed by atoms with Crippen molar-refractivity contribution in [2.75, 3.05) is 5.75 Å². The van der Waals surface area contributed by atoms with Crippen molar-refractivity contribution in [1.29, 1.82) is 0 Å². The Labute approximate surface area is 155 Å². The van der Waals surface area contributed by atoms with Gasteiger partial charge in [-0.3, -0.25) is 4.79 Å². The third kappa shape index (κ3) is 3.29. The summed E-state index contributed by atoms with van der Waals surface area (Å²) in [4.78, 5) is 9.55. The van der Waals surface area contributed by atoms with Gasteiger partial charge in [0.2, 0.25) is 0 Å². The second-order valence-electron chi connectivity index (χ2n) is 5.34. The molecule has 0 spiro atoms. The molecule has 4 aromatic carbocycles. The van der Waals surface area contributed by atoms with Gasteiger partial charge in [-0.05, 0) is 0 Å². The molecule has 0 aliphatic heterocycles. The zero-order chi connectivity index (χ0) is 16.4. The molecule has 0 aliphatic rings. The van der Waals surface area contributed by atoms with Gasteiger partial charge >= 0.3 is 121 Å². The molecule has 0 unspecified atom stereocenters. The molecule has 0 saturated carbocycles. The van der Waals surface area contributed by atoms with Gasteiger partial charge < -0.3 is 5.11 Å². The second-order valence-corrected chi connectivity index (χ2v) is 7.11. The number of carboxylic acids is 1. The zero-order valence-electron chi connectivity index (χ0n) is 12.4. The van der Waals surface area contributed by atoms with Crippen molar-refractivity contribution in [3.8, 4) is 0 Å². The Hall–Kier alpha value is -1.38. The molecule has 4 aromatic rings. The van der Waals surface area contributed by atoms with Gasteiger partial charge in [0.25, 0.3) is 0 Å². The normalized spacial score (nSPS) is 10.8. The van der Waals surface area contributed by atoms with Crippen LogP contribution in [0, 0.1) is 0 Å². The Kier molecular flexibility index (Phi) is 5.03. The van der Waals surface area contributed by atoms with E-state index in [1.165, 1.54) is 60.3 Å². The van der Waals surface area contributed by atoms with Crippen LogP contribution in [0.3, 0.4) is 0 Å². The summed E-state index contributed by atoms with van der Waals surface area (Å²) in [6.07, 6.45) is 0.156. The summed E-state index contributed by atoms with van der Waals surface area (Å²) < 4.78 is 1.45. The third-order valence-corrected chi connectivity index (χ3v) is 5.15. The number of aliphatic carboxylic acids is 1. The van der Waals surface area contributed by atoms with E-state index in [9.17, 15) is 4.79 Å². The summed E-state index contributed by atoms with van der Waals surface area (Å²) in [6.45, 7) is 0. The van der Waals surface area contributed by atoms with Crippen LogP contribution < -0.4 is 3.27 Å². The van der Waals surface area contributed by atoms with Gasteiger partial charge in [0, 0.05) is 5.75 Å². The molecule has 4 heteroatoms. The van der Waals surface area contributed by atoms with E-state index in [2.05, 4.69) is 67.2 Å². The molecular weight excluding hydrogens is 383 g/mol. The van der Waals surface area contributed by atoms with Crippen LogP contribution in [0.2, 0.25) is 0 Å². The molecule has 0 radical (unpaired) electrons. The van der Waals surface area contributed by atoms with Gasteiger partial charge in [-0.15, -0.1) is 0 Å². The Balaban J connectivity index is 0.000000227. The molecule has 1 N–H and O–H groups in total. The number of hydrogen-bond donors (Lipinski definition) is 2. The molecule has 0 fully saturated rings. The molecule has 0 atom stereocenters. The Morgan fingerprint density at radius 3 is 2.04 bits per heavy atom. The van der Waals surface area contributed by atoms with E-state index < -0.39 is 5.97 Å². The summed E-state index contributed by atoms with van der Waals surface area (Å²) in [6, 6.07) is 20.0. The minimum atomic E-state index is -0.787. The Morgan fingerprint density at radius 1 is 0.913 bits per heavy atom. The van der Waals surface area contributed by atoms with E-state index in [4.69, 9.17) is 5.11 Å². The van der Waals surface area contributed by atoms with E-state index in [0.29, 0.717) is 5.75 Å². The first kappa shape index (κ1) is 16.5. The molecule has 0 saturated heterocycles. The topological polar surface area (TPSA) is 37.3 Å². The van der Waals surface area contributed by atoms with Crippen molar-refractivity contribution in [1.82, 2.24) is 0 Å². The van der Waals surface area contributed by atoms with Crippen molar-refractivity contribution in [2.24, 2.45) is 0 Å². The maximum absolute atomic E-state index is 9.55. The minimum absolute atomic E-state index is 0.156. The molecule has 2 nitrogen and oxygen atoms in total. The molecule has 23 heavy (non-hydrogen) atoms. The number of benzene rings is 4. The molecular formula is C19H15O2SZr. The Morgan fingerprint density at radius 2 is 1.48 bits per heavy atom. The van der Waals surface area contributed by atoms with Gasteiger partial charge in [0.15, 0.2) is 0 Å². The molecule has 4 rings (SSSR count). The van der Waals surface area contributed by atoms with Crippen LogP contribution in [0.5, 0.6) is 0 Å². The SMILES string of the molecule is O=C(O)CCS.[Zr][c]1ccc2ccc3cccc4ccc1c2c34. The van der Waals surface area contributed by atoms with Crippen LogP contribution in [0.1, 0.15) is 6.42 Å². The Bertz CT molecular complexity index is 965. The number of hydrogen-bond acceptors (Lipinski definition) is 2. The number of carbonyl (C=O) groups is 1. The molecule has 0 bridgehead atoms. The first-order chi connectivity index (χ1) is 11.1. The fourth-order valence-electron chi connectivity index (χ4n) is 2.83. The number of carboxylic acid groups (broad SMARTS) is 1. The monoisotopic (exact) mass is 397 g/mol. The zero-order valence-corrected chi connectivity index (χ0v) is 15.8. The summed E-state index contributed by atoms with van der Waals surface area (Å²) >= 11 is 5.17. The van der Waals surface area contributed by atoms with Gasteiger partial charge in [0.05, 0.1) is 6.42 Å². The third-order valence-electron chi connectivity index (χ3n) is 3.85. The standard InChI is InChI=1S/C16H9.C3H6O2S.Zr/c1-3-11-7-9-13-5-2-6-14-10-8-12(4-1)15(11)16(13)14;4-3(5)1-2-6;/h1-5,7-10H;6H,1-2H2,(H,4,5);. The first-order valence-electron chi connectivity index (χ1n) is 7.32. The van der Waals surface area contributed by atoms with Crippen LogP contribution in [-0.4, -0.2) is 16.8 Å². The van der Waals surface area contributed by atoms with Gasteiger partial charge in [-0.25, -0.2) is 0 Å². The van der Waals surface area contributed by atoms with Gasteiger partial charge in [-0.2, -0.15) is 12.6 Å².